The number of rotatable bonds is 8. The zero-order chi connectivity index (χ0) is 30.4. The number of hydrogen-bond donors (Lipinski definition) is 1. The fourth-order valence-electron chi connectivity index (χ4n) is 6.86. The number of halogens is 2. The van der Waals surface area contributed by atoms with Gasteiger partial charge in [-0.05, 0) is 68.4 Å². The van der Waals surface area contributed by atoms with Gasteiger partial charge in [-0.25, -0.2) is 4.79 Å². The predicted octanol–water partition coefficient (Wildman–Crippen LogP) is 7.30. The zero-order valence-corrected chi connectivity index (χ0v) is 25.8. The first-order valence-electron chi connectivity index (χ1n) is 15.0. The standard InChI is InChI=1S/C34H32Cl2N4O4/c1-43-34(42)25-6-3-2-5-24(25)20-11-14-29(37-17-20)33(41)38-21-15-22-12-13-23(16-21)40(22)18-26-31(39-44-32(26)19-9-10-19)30-27(35)7-4-8-28(30)36/h2-8,11,14,17,19,21-23H,9-10,12-13,15-16,18H2,1H3,(H,38,41). The Balaban J connectivity index is 1.05. The largest absolute Gasteiger partial charge is 0.465 e. The van der Waals surface area contributed by atoms with Gasteiger partial charge in [0.05, 0.1) is 22.7 Å². The lowest BCUT2D eigenvalue weighted by Gasteiger charge is -2.39. The Morgan fingerprint density at radius 2 is 1.70 bits per heavy atom. The molecule has 1 amide bonds. The van der Waals surface area contributed by atoms with E-state index in [4.69, 9.17) is 32.5 Å². The van der Waals surface area contributed by atoms with Crippen LogP contribution >= 0.6 is 23.2 Å². The van der Waals surface area contributed by atoms with Gasteiger partial charge in [0.15, 0.2) is 0 Å². The van der Waals surface area contributed by atoms with Crippen LogP contribution in [0.25, 0.3) is 22.4 Å². The van der Waals surface area contributed by atoms with Crippen molar-refractivity contribution in [3.8, 4) is 22.4 Å². The Morgan fingerprint density at radius 1 is 0.977 bits per heavy atom. The van der Waals surface area contributed by atoms with Crippen LogP contribution in [0.5, 0.6) is 0 Å². The van der Waals surface area contributed by atoms with E-state index in [9.17, 15) is 9.59 Å². The highest BCUT2D eigenvalue weighted by atomic mass is 35.5. The summed E-state index contributed by atoms with van der Waals surface area (Å²) in [6, 6.07) is 16.9. The zero-order valence-electron chi connectivity index (χ0n) is 24.3. The maximum absolute atomic E-state index is 13.2. The van der Waals surface area contributed by atoms with Crippen molar-refractivity contribution in [2.75, 3.05) is 7.11 Å². The Bertz CT molecular complexity index is 1680. The van der Waals surface area contributed by atoms with Crippen LogP contribution < -0.4 is 5.32 Å². The van der Waals surface area contributed by atoms with Crippen molar-refractivity contribution in [2.24, 2.45) is 0 Å². The van der Waals surface area contributed by atoms with Crippen LogP contribution in [0.4, 0.5) is 0 Å². The maximum Gasteiger partial charge on any atom is 0.338 e. The predicted molar refractivity (Wildman–Crippen MR) is 168 cm³/mol. The fourth-order valence-corrected chi connectivity index (χ4v) is 7.44. The summed E-state index contributed by atoms with van der Waals surface area (Å²) in [5.41, 5.74) is 4.79. The average Bonchev–Trinajstić information content (AvgIpc) is 3.76. The highest BCUT2D eigenvalue weighted by molar-refractivity contribution is 6.39. The fraction of sp³-hybridized carbons (Fsp3) is 0.353. The molecule has 4 aromatic rings. The van der Waals surface area contributed by atoms with E-state index >= 15 is 0 Å². The molecular formula is C34H32Cl2N4O4. The molecule has 1 saturated carbocycles. The van der Waals surface area contributed by atoms with Gasteiger partial charge in [-0.3, -0.25) is 14.7 Å². The molecule has 2 aromatic heterocycles. The second-order valence-electron chi connectivity index (χ2n) is 11.9. The molecule has 3 fully saturated rings. The summed E-state index contributed by atoms with van der Waals surface area (Å²) in [7, 11) is 1.36. The van der Waals surface area contributed by atoms with E-state index in [2.05, 4.69) is 20.4 Å². The molecular weight excluding hydrogens is 599 g/mol. The molecule has 2 saturated heterocycles. The lowest BCUT2D eigenvalue weighted by atomic mass is 9.95. The van der Waals surface area contributed by atoms with E-state index < -0.39 is 5.97 Å². The van der Waals surface area contributed by atoms with Gasteiger partial charge in [-0.2, -0.15) is 0 Å². The van der Waals surface area contributed by atoms with Crippen molar-refractivity contribution in [3.05, 3.63) is 93.4 Å². The van der Waals surface area contributed by atoms with Crippen molar-refractivity contribution >= 4 is 35.1 Å². The second-order valence-corrected chi connectivity index (χ2v) is 12.7. The number of aromatic nitrogens is 2. The molecule has 7 rings (SSSR count). The number of piperidine rings is 1. The summed E-state index contributed by atoms with van der Waals surface area (Å²) in [6.45, 7) is 0.721. The van der Waals surface area contributed by atoms with Crippen molar-refractivity contribution in [1.82, 2.24) is 20.4 Å². The molecule has 1 N–H and O–H groups in total. The van der Waals surface area contributed by atoms with Gasteiger partial charge in [0, 0.05) is 53.5 Å². The third-order valence-corrected chi connectivity index (χ3v) is 9.80. The lowest BCUT2D eigenvalue weighted by molar-refractivity contribution is 0.0601. The van der Waals surface area contributed by atoms with Gasteiger partial charge in [0.2, 0.25) is 0 Å². The molecule has 1 aliphatic carbocycles. The van der Waals surface area contributed by atoms with Crippen LogP contribution in [0.15, 0.2) is 65.3 Å². The molecule has 2 aromatic carbocycles. The summed E-state index contributed by atoms with van der Waals surface area (Å²) in [5.74, 6) is 0.741. The number of carbonyl (C=O) groups is 2. The smallest absolute Gasteiger partial charge is 0.338 e. The quantitative estimate of drug-likeness (QED) is 0.204. The van der Waals surface area contributed by atoms with Gasteiger partial charge in [-0.15, -0.1) is 0 Å². The molecule has 226 valence electrons. The summed E-state index contributed by atoms with van der Waals surface area (Å²) in [4.78, 5) is 32.4. The molecule has 2 unspecified atom stereocenters. The van der Waals surface area contributed by atoms with E-state index in [1.54, 1.807) is 24.4 Å². The van der Waals surface area contributed by atoms with Crippen LogP contribution in [0, 0.1) is 0 Å². The minimum atomic E-state index is -0.417. The minimum Gasteiger partial charge on any atom is -0.465 e. The van der Waals surface area contributed by atoms with Gasteiger partial charge >= 0.3 is 5.97 Å². The third kappa shape index (κ3) is 5.51. The first kappa shape index (κ1) is 29.0. The van der Waals surface area contributed by atoms with E-state index in [1.165, 1.54) is 7.11 Å². The second kappa shape index (κ2) is 12.0. The highest BCUT2D eigenvalue weighted by Crippen LogP contribution is 2.47. The number of pyridine rings is 1. The molecule has 0 spiro atoms. The topological polar surface area (TPSA) is 97.6 Å². The monoisotopic (exact) mass is 630 g/mol. The van der Waals surface area contributed by atoms with Crippen LogP contribution in [-0.4, -0.2) is 52.2 Å². The molecule has 2 bridgehead atoms. The molecule has 2 atom stereocenters. The Labute approximate surface area is 265 Å². The van der Waals surface area contributed by atoms with Crippen molar-refractivity contribution in [2.45, 2.75) is 69.1 Å². The maximum atomic E-state index is 13.2. The summed E-state index contributed by atoms with van der Waals surface area (Å²) in [6.07, 6.45) is 7.71. The average molecular weight is 632 g/mol. The number of hydrogen-bond acceptors (Lipinski definition) is 7. The molecule has 8 nitrogen and oxygen atoms in total. The highest BCUT2D eigenvalue weighted by Gasteiger charge is 2.43. The Kier molecular flexibility index (Phi) is 7.91. The minimum absolute atomic E-state index is 0.0561. The van der Waals surface area contributed by atoms with E-state index in [0.29, 0.717) is 44.9 Å². The van der Waals surface area contributed by atoms with Crippen LogP contribution in [0.3, 0.4) is 0 Å². The first-order valence-corrected chi connectivity index (χ1v) is 15.8. The number of ether oxygens (including phenoxy) is 1. The van der Waals surface area contributed by atoms with Crippen molar-refractivity contribution in [1.29, 1.82) is 0 Å². The van der Waals surface area contributed by atoms with Crippen LogP contribution in [-0.2, 0) is 11.3 Å². The number of nitrogens with zero attached hydrogens (tertiary/aromatic N) is 3. The number of nitrogens with one attached hydrogen (secondary N) is 1. The van der Waals surface area contributed by atoms with Gasteiger partial charge in [-0.1, -0.05) is 58.7 Å². The summed E-state index contributed by atoms with van der Waals surface area (Å²) >= 11 is 13.2. The number of fused-ring (bicyclic) bond motifs is 2. The molecule has 2 aliphatic heterocycles. The van der Waals surface area contributed by atoms with Crippen LogP contribution in [0.2, 0.25) is 10.0 Å². The van der Waals surface area contributed by atoms with Crippen molar-refractivity contribution < 1.29 is 18.8 Å². The van der Waals surface area contributed by atoms with Crippen molar-refractivity contribution in [3.63, 3.8) is 0 Å². The van der Waals surface area contributed by atoms with Gasteiger partial charge in [0.1, 0.15) is 17.1 Å². The molecule has 4 heterocycles. The number of amides is 1. The number of carbonyl (C=O) groups excluding carboxylic acids is 2. The van der Waals surface area contributed by atoms with E-state index in [1.807, 2.05) is 36.4 Å². The molecule has 10 heteroatoms. The molecule has 0 radical (unpaired) electrons. The number of benzene rings is 2. The third-order valence-electron chi connectivity index (χ3n) is 9.17. The summed E-state index contributed by atoms with van der Waals surface area (Å²) < 4.78 is 10.8. The SMILES string of the molecule is COC(=O)c1ccccc1-c1ccc(C(=O)NC2CC3CCC(C2)N3Cc2c(-c3c(Cl)cccc3Cl)noc2C2CC2)nc1. The molecule has 3 aliphatic rings. The molecule has 44 heavy (non-hydrogen) atoms. The lowest BCUT2D eigenvalue weighted by Crippen LogP contribution is -2.50. The summed E-state index contributed by atoms with van der Waals surface area (Å²) in [5, 5.41) is 8.84. The number of esters is 1. The normalized spacial score (nSPS) is 21.3. The van der Waals surface area contributed by atoms with Gasteiger partial charge < -0.3 is 14.6 Å². The van der Waals surface area contributed by atoms with Gasteiger partial charge in [0.25, 0.3) is 5.91 Å². The van der Waals surface area contributed by atoms with E-state index in [-0.39, 0.29) is 11.9 Å². The Morgan fingerprint density at radius 3 is 2.36 bits per heavy atom. The Hall–Kier alpha value is -3.72. The van der Waals surface area contributed by atoms with E-state index in [0.717, 1.165) is 73.2 Å². The number of methoxy groups -OCH3 is 1. The van der Waals surface area contributed by atoms with Crippen LogP contribution in [0.1, 0.15) is 76.6 Å². The first-order chi connectivity index (χ1) is 21.4.